The van der Waals surface area contributed by atoms with Gasteiger partial charge in [0.15, 0.2) is 0 Å². The highest BCUT2D eigenvalue weighted by molar-refractivity contribution is 4.80. The van der Waals surface area contributed by atoms with E-state index in [0.29, 0.717) is 0 Å². The minimum atomic E-state index is 0.775. The Bertz CT molecular complexity index is 248. The smallest absolute Gasteiger partial charge is 0.00236 e. The van der Waals surface area contributed by atoms with E-state index in [0.717, 1.165) is 48.0 Å². The molecule has 0 aliphatic heterocycles. The summed E-state index contributed by atoms with van der Waals surface area (Å²) in [7, 11) is 2.07. The van der Waals surface area contributed by atoms with Crippen LogP contribution in [0.2, 0.25) is 0 Å². The van der Waals surface area contributed by atoms with Crippen molar-refractivity contribution in [3.05, 3.63) is 0 Å². The monoisotopic (exact) mass is 297 g/mol. The molecule has 0 aliphatic rings. The summed E-state index contributed by atoms with van der Waals surface area (Å²) in [6.07, 6.45) is 4.03. The SMILES string of the molecule is CCC(C(C)C[C@H](C)[C@@H](C)CNC)C(C)[C@@H](CC)C(C)C. The van der Waals surface area contributed by atoms with E-state index in [1.54, 1.807) is 0 Å². The van der Waals surface area contributed by atoms with Gasteiger partial charge >= 0.3 is 0 Å². The van der Waals surface area contributed by atoms with Crippen molar-refractivity contribution in [3.63, 3.8) is 0 Å². The van der Waals surface area contributed by atoms with E-state index in [1.807, 2.05) is 0 Å². The van der Waals surface area contributed by atoms with Gasteiger partial charge in [-0.25, -0.2) is 0 Å². The minimum absolute atomic E-state index is 0.775. The molecule has 0 aliphatic carbocycles. The second kappa shape index (κ2) is 10.6. The van der Waals surface area contributed by atoms with Crippen molar-refractivity contribution in [1.29, 1.82) is 0 Å². The Kier molecular flexibility index (Phi) is 10.6. The highest BCUT2D eigenvalue weighted by Crippen LogP contribution is 2.38. The largest absolute Gasteiger partial charge is 0.319 e. The third kappa shape index (κ3) is 6.72. The molecule has 0 saturated heterocycles. The first-order valence-electron chi connectivity index (χ1n) is 9.44. The van der Waals surface area contributed by atoms with Gasteiger partial charge in [0.25, 0.3) is 0 Å². The fourth-order valence-corrected chi connectivity index (χ4v) is 4.58. The molecule has 1 N–H and O–H groups in total. The Morgan fingerprint density at radius 2 is 1.24 bits per heavy atom. The molecule has 128 valence electrons. The van der Waals surface area contributed by atoms with Gasteiger partial charge in [-0.2, -0.15) is 0 Å². The van der Waals surface area contributed by atoms with E-state index in [9.17, 15) is 0 Å². The average Bonchev–Trinajstić information content (AvgIpc) is 2.39. The topological polar surface area (TPSA) is 12.0 Å². The lowest BCUT2D eigenvalue weighted by Gasteiger charge is -2.37. The van der Waals surface area contributed by atoms with Gasteiger partial charge in [0.2, 0.25) is 0 Å². The van der Waals surface area contributed by atoms with Gasteiger partial charge in [-0.15, -0.1) is 0 Å². The zero-order chi connectivity index (χ0) is 16.6. The van der Waals surface area contributed by atoms with Crippen LogP contribution in [0.1, 0.15) is 74.7 Å². The zero-order valence-corrected chi connectivity index (χ0v) is 16.4. The third-order valence-electron chi connectivity index (χ3n) is 6.12. The van der Waals surface area contributed by atoms with E-state index in [4.69, 9.17) is 0 Å². The maximum Gasteiger partial charge on any atom is -0.00236 e. The summed E-state index contributed by atoms with van der Waals surface area (Å²) in [5.74, 6) is 5.84. The number of rotatable bonds is 11. The van der Waals surface area contributed by atoms with Crippen molar-refractivity contribution in [3.8, 4) is 0 Å². The summed E-state index contributed by atoms with van der Waals surface area (Å²) in [5, 5.41) is 3.33. The first-order chi connectivity index (χ1) is 9.79. The molecule has 0 aromatic rings. The standard InChI is InChI=1S/C20H43N/c1-10-19(14(3)4)18(8)20(11-2)16(6)12-15(5)17(7)13-21-9/h14-21H,10-13H2,1-9H3/t15-,16?,17-,18?,19-,20?/m0/s1. The van der Waals surface area contributed by atoms with E-state index < -0.39 is 0 Å². The number of nitrogens with one attached hydrogen (secondary N) is 1. The first kappa shape index (κ1) is 21.0. The highest BCUT2D eigenvalue weighted by atomic mass is 14.8. The van der Waals surface area contributed by atoms with Crippen LogP contribution >= 0.6 is 0 Å². The van der Waals surface area contributed by atoms with Crippen molar-refractivity contribution in [2.45, 2.75) is 74.7 Å². The predicted octanol–water partition coefficient (Wildman–Crippen LogP) is 5.85. The van der Waals surface area contributed by atoms with Crippen LogP contribution in [-0.4, -0.2) is 13.6 Å². The maximum absolute atomic E-state index is 3.33. The predicted molar refractivity (Wildman–Crippen MR) is 97.6 cm³/mol. The summed E-state index contributed by atoms with van der Waals surface area (Å²) >= 11 is 0. The minimum Gasteiger partial charge on any atom is -0.319 e. The fourth-order valence-electron chi connectivity index (χ4n) is 4.58. The van der Waals surface area contributed by atoms with Gasteiger partial charge in [0, 0.05) is 0 Å². The van der Waals surface area contributed by atoms with Crippen LogP contribution in [-0.2, 0) is 0 Å². The van der Waals surface area contributed by atoms with Crippen molar-refractivity contribution in [2.24, 2.45) is 41.4 Å². The van der Waals surface area contributed by atoms with Crippen LogP contribution in [0, 0.1) is 41.4 Å². The molecular formula is C20H43N. The van der Waals surface area contributed by atoms with Gasteiger partial charge in [-0.3, -0.25) is 0 Å². The van der Waals surface area contributed by atoms with Gasteiger partial charge < -0.3 is 5.32 Å². The molecule has 3 unspecified atom stereocenters. The summed E-state index contributed by atoms with van der Waals surface area (Å²) in [5.41, 5.74) is 0. The van der Waals surface area contributed by atoms with Crippen LogP contribution in [0.15, 0.2) is 0 Å². The summed E-state index contributed by atoms with van der Waals surface area (Å²) < 4.78 is 0. The second-order valence-electron chi connectivity index (χ2n) is 7.97. The number of hydrogen-bond acceptors (Lipinski definition) is 1. The summed E-state index contributed by atoms with van der Waals surface area (Å²) in [6, 6.07) is 0. The van der Waals surface area contributed by atoms with Crippen molar-refractivity contribution < 1.29 is 0 Å². The van der Waals surface area contributed by atoms with Crippen LogP contribution in [0.3, 0.4) is 0 Å². The normalized spacial score (nSPS) is 20.9. The van der Waals surface area contributed by atoms with Gasteiger partial charge in [0.05, 0.1) is 0 Å². The van der Waals surface area contributed by atoms with Gasteiger partial charge in [-0.1, -0.05) is 68.2 Å². The van der Waals surface area contributed by atoms with Crippen molar-refractivity contribution in [1.82, 2.24) is 5.32 Å². The fraction of sp³-hybridized carbons (Fsp3) is 1.00. The van der Waals surface area contributed by atoms with Crippen LogP contribution < -0.4 is 5.32 Å². The quantitative estimate of drug-likeness (QED) is 0.504. The van der Waals surface area contributed by atoms with Gasteiger partial charge in [-0.05, 0) is 61.4 Å². The van der Waals surface area contributed by atoms with E-state index in [1.165, 1.54) is 19.3 Å². The van der Waals surface area contributed by atoms with Crippen LogP contribution in [0.25, 0.3) is 0 Å². The van der Waals surface area contributed by atoms with E-state index in [-0.39, 0.29) is 0 Å². The lowest BCUT2D eigenvalue weighted by molar-refractivity contribution is 0.122. The Morgan fingerprint density at radius 1 is 0.714 bits per heavy atom. The molecule has 0 amide bonds. The van der Waals surface area contributed by atoms with Crippen molar-refractivity contribution in [2.75, 3.05) is 13.6 Å². The summed E-state index contributed by atoms with van der Waals surface area (Å²) in [6.45, 7) is 20.6. The van der Waals surface area contributed by atoms with Crippen molar-refractivity contribution >= 4 is 0 Å². The highest BCUT2D eigenvalue weighted by Gasteiger charge is 2.30. The zero-order valence-electron chi connectivity index (χ0n) is 16.4. The summed E-state index contributed by atoms with van der Waals surface area (Å²) in [4.78, 5) is 0. The molecule has 0 aromatic heterocycles. The molecule has 0 saturated carbocycles. The molecular weight excluding hydrogens is 254 g/mol. The van der Waals surface area contributed by atoms with Gasteiger partial charge in [0.1, 0.15) is 0 Å². The molecule has 0 aromatic carbocycles. The Balaban J connectivity index is 4.70. The lowest BCUT2D eigenvalue weighted by Crippen LogP contribution is -2.30. The number of hydrogen-bond donors (Lipinski definition) is 1. The second-order valence-corrected chi connectivity index (χ2v) is 7.97. The molecule has 1 heteroatoms. The third-order valence-corrected chi connectivity index (χ3v) is 6.12. The molecule has 21 heavy (non-hydrogen) atoms. The molecule has 0 spiro atoms. The molecule has 6 atom stereocenters. The molecule has 0 rings (SSSR count). The molecule has 1 nitrogen and oxygen atoms in total. The molecule has 0 heterocycles. The molecule has 0 radical (unpaired) electrons. The average molecular weight is 298 g/mol. The lowest BCUT2D eigenvalue weighted by atomic mass is 9.68. The molecule has 0 bridgehead atoms. The van der Waals surface area contributed by atoms with E-state index in [2.05, 4.69) is 67.8 Å². The van der Waals surface area contributed by atoms with Crippen LogP contribution in [0.4, 0.5) is 0 Å². The molecule has 0 fully saturated rings. The maximum atomic E-state index is 3.33. The van der Waals surface area contributed by atoms with Crippen LogP contribution in [0.5, 0.6) is 0 Å². The Morgan fingerprint density at radius 3 is 1.62 bits per heavy atom. The Labute approximate surface area is 135 Å². The van der Waals surface area contributed by atoms with E-state index >= 15 is 0 Å². The first-order valence-corrected chi connectivity index (χ1v) is 9.44. The Hall–Kier alpha value is -0.0400.